The highest BCUT2D eigenvalue weighted by molar-refractivity contribution is 7.13. The first-order valence-electron chi connectivity index (χ1n) is 8.29. The van der Waals surface area contributed by atoms with E-state index in [1.54, 1.807) is 35.5 Å². The fourth-order valence-corrected chi connectivity index (χ4v) is 3.19. The largest absolute Gasteiger partial charge is 0.368 e. The van der Waals surface area contributed by atoms with Gasteiger partial charge >= 0.3 is 6.03 Å². The van der Waals surface area contributed by atoms with Crippen molar-refractivity contribution in [1.29, 1.82) is 0 Å². The molecular formula is C17H20FN5O2S. The van der Waals surface area contributed by atoms with Crippen LogP contribution in [0.25, 0.3) is 0 Å². The Morgan fingerprint density at radius 1 is 1.19 bits per heavy atom. The van der Waals surface area contributed by atoms with E-state index in [0.717, 1.165) is 5.69 Å². The number of aromatic nitrogens is 1. The number of nitrogens with one attached hydrogen (secondary N) is 2. The second kappa shape index (κ2) is 8.13. The van der Waals surface area contributed by atoms with Crippen LogP contribution in [0.2, 0.25) is 0 Å². The highest BCUT2D eigenvalue weighted by Gasteiger charge is 2.24. The molecule has 1 aliphatic rings. The van der Waals surface area contributed by atoms with Crippen molar-refractivity contribution in [1.82, 2.24) is 15.2 Å². The zero-order valence-electron chi connectivity index (χ0n) is 14.3. The standard InChI is InChI=1S/C17H20FN5O2S/c1-12(15(24)21-16-19-6-11-26-16)20-17(25)23-9-7-22(8-10-23)14-4-2-13(18)3-5-14/h2-6,11-12H,7-10H2,1H3,(H,20,25)(H,19,21,24)/t12-/m0/s1. The van der Waals surface area contributed by atoms with Crippen molar-refractivity contribution in [2.75, 3.05) is 36.4 Å². The average Bonchev–Trinajstić information content (AvgIpc) is 3.15. The van der Waals surface area contributed by atoms with Crippen LogP contribution in [0.5, 0.6) is 0 Å². The molecular weight excluding hydrogens is 357 g/mol. The lowest BCUT2D eigenvalue weighted by Crippen LogP contribution is -2.54. The van der Waals surface area contributed by atoms with Crippen LogP contribution < -0.4 is 15.5 Å². The van der Waals surface area contributed by atoms with Crippen LogP contribution in [0.3, 0.4) is 0 Å². The fraction of sp³-hybridized carbons (Fsp3) is 0.353. The van der Waals surface area contributed by atoms with E-state index in [9.17, 15) is 14.0 Å². The molecule has 7 nitrogen and oxygen atoms in total. The molecule has 138 valence electrons. The molecule has 0 spiro atoms. The van der Waals surface area contributed by atoms with Gasteiger partial charge in [0.1, 0.15) is 11.9 Å². The van der Waals surface area contributed by atoms with Crippen molar-refractivity contribution in [2.45, 2.75) is 13.0 Å². The number of thiazole rings is 1. The number of carbonyl (C=O) groups is 2. The maximum Gasteiger partial charge on any atom is 0.318 e. The van der Waals surface area contributed by atoms with Gasteiger partial charge in [0.25, 0.3) is 0 Å². The maximum absolute atomic E-state index is 13.0. The molecule has 0 saturated carbocycles. The lowest BCUT2D eigenvalue weighted by atomic mass is 10.2. The molecule has 0 unspecified atom stereocenters. The lowest BCUT2D eigenvalue weighted by Gasteiger charge is -2.36. The third-order valence-corrected chi connectivity index (χ3v) is 4.84. The third kappa shape index (κ3) is 4.48. The van der Waals surface area contributed by atoms with Gasteiger partial charge < -0.3 is 20.4 Å². The van der Waals surface area contributed by atoms with Crippen LogP contribution in [0.4, 0.5) is 20.0 Å². The molecule has 1 fully saturated rings. The monoisotopic (exact) mass is 377 g/mol. The summed E-state index contributed by atoms with van der Waals surface area (Å²) >= 11 is 1.32. The summed E-state index contributed by atoms with van der Waals surface area (Å²) in [5.41, 5.74) is 0.933. The topological polar surface area (TPSA) is 77.6 Å². The van der Waals surface area contributed by atoms with E-state index >= 15 is 0 Å². The van der Waals surface area contributed by atoms with E-state index in [2.05, 4.69) is 20.5 Å². The summed E-state index contributed by atoms with van der Waals surface area (Å²) in [6.45, 7) is 4.00. The number of hydrogen-bond acceptors (Lipinski definition) is 5. The Labute approximate surface area is 154 Å². The van der Waals surface area contributed by atoms with Gasteiger partial charge in [0.15, 0.2) is 5.13 Å². The summed E-state index contributed by atoms with van der Waals surface area (Å²) in [4.78, 5) is 32.2. The number of urea groups is 1. The highest BCUT2D eigenvalue weighted by Crippen LogP contribution is 2.17. The number of carbonyl (C=O) groups excluding carboxylic acids is 2. The Kier molecular flexibility index (Phi) is 5.67. The van der Waals surface area contributed by atoms with E-state index in [4.69, 9.17) is 0 Å². The second-order valence-electron chi connectivity index (χ2n) is 5.95. The molecule has 26 heavy (non-hydrogen) atoms. The first-order chi connectivity index (χ1) is 12.5. The number of piperazine rings is 1. The summed E-state index contributed by atoms with van der Waals surface area (Å²) in [6.07, 6.45) is 1.60. The van der Waals surface area contributed by atoms with E-state index in [1.807, 2.05) is 0 Å². The molecule has 1 saturated heterocycles. The quantitative estimate of drug-likeness (QED) is 0.856. The normalized spacial score (nSPS) is 15.5. The highest BCUT2D eigenvalue weighted by atomic mass is 32.1. The van der Waals surface area contributed by atoms with E-state index in [-0.39, 0.29) is 17.8 Å². The van der Waals surface area contributed by atoms with Crippen LogP contribution in [-0.2, 0) is 4.79 Å². The van der Waals surface area contributed by atoms with Crippen molar-refractivity contribution in [2.24, 2.45) is 0 Å². The Morgan fingerprint density at radius 3 is 2.50 bits per heavy atom. The lowest BCUT2D eigenvalue weighted by molar-refractivity contribution is -0.117. The molecule has 3 amide bonds. The third-order valence-electron chi connectivity index (χ3n) is 4.15. The van der Waals surface area contributed by atoms with Gasteiger partial charge in [-0.1, -0.05) is 0 Å². The summed E-state index contributed by atoms with van der Waals surface area (Å²) in [6, 6.07) is 5.38. The van der Waals surface area contributed by atoms with Crippen LogP contribution in [0, 0.1) is 5.82 Å². The Bertz CT molecular complexity index is 745. The first kappa shape index (κ1) is 18.1. The van der Waals surface area contributed by atoms with Crippen molar-refractivity contribution >= 4 is 34.1 Å². The Balaban J connectivity index is 1.47. The number of hydrogen-bond donors (Lipinski definition) is 2. The second-order valence-corrected chi connectivity index (χ2v) is 6.84. The summed E-state index contributed by atoms with van der Waals surface area (Å²) in [5.74, 6) is -0.574. The van der Waals surface area contributed by atoms with Gasteiger partial charge in [-0.25, -0.2) is 14.2 Å². The van der Waals surface area contributed by atoms with Crippen LogP contribution in [0.15, 0.2) is 35.8 Å². The molecule has 1 aromatic carbocycles. The molecule has 0 aliphatic carbocycles. The van der Waals surface area contributed by atoms with Gasteiger partial charge in [0.2, 0.25) is 5.91 Å². The smallest absolute Gasteiger partial charge is 0.318 e. The molecule has 0 bridgehead atoms. The summed E-state index contributed by atoms with van der Waals surface area (Å²) in [7, 11) is 0. The van der Waals surface area contributed by atoms with Gasteiger partial charge in [-0.3, -0.25) is 4.79 Å². The number of benzene rings is 1. The first-order valence-corrected chi connectivity index (χ1v) is 9.17. The molecule has 1 atom stereocenters. The minimum absolute atomic E-state index is 0.267. The fourth-order valence-electron chi connectivity index (χ4n) is 2.66. The van der Waals surface area contributed by atoms with Crippen LogP contribution >= 0.6 is 11.3 Å². The molecule has 2 aromatic rings. The number of amides is 3. The van der Waals surface area contributed by atoms with Crippen LogP contribution in [0.1, 0.15) is 6.92 Å². The van der Waals surface area contributed by atoms with E-state index in [0.29, 0.717) is 31.3 Å². The summed E-state index contributed by atoms with van der Waals surface area (Å²) < 4.78 is 13.0. The van der Waals surface area contributed by atoms with Gasteiger partial charge in [-0.15, -0.1) is 11.3 Å². The van der Waals surface area contributed by atoms with Crippen molar-refractivity contribution < 1.29 is 14.0 Å². The SMILES string of the molecule is C[C@H](NC(=O)N1CCN(c2ccc(F)cc2)CC1)C(=O)Nc1nccs1. The Hall–Kier alpha value is -2.68. The number of nitrogens with zero attached hydrogens (tertiary/aromatic N) is 3. The van der Waals surface area contributed by atoms with Crippen molar-refractivity contribution in [3.63, 3.8) is 0 Å². The predicted octanol–water partition coefficient (Wildman–Crippen LogP) is 2.14. The minimum Gasteiger partial charge on any atom is -0.368 e. The van der Waals surface area contributed by atoms with Gasteiger partial charge in [-0.05, 0) is 31.2 Å². The maximum atomic E-state index is 13.0. The average molecular weight is 377 g/mol. The van der Waals surface area contributed by atoms with Crippen LogP contribution in [-0.4, -0.2) is 54.0 Å². The van der Waals surface area contributed by atoms with E-state index < -0.39 is 6.04 Å². The number of halogens is 1. The van der Waals surface area contributed by atoms with Gasteiger partial charge in [0.05, 0.1) is 0 Å². The molecule has 1 aliphatic heterocycles. The molecule has 3 rings (SSSR count). The molecule has 1 aromatic heterocycles. The minimum atomic E-state index is -0.665. The Morgan fingerprint density at radius 2 is 1.88 bits per heavy atom. The molecule has 2 heterocycles. The predicted molar refractivity (Wildman–Crippen MR) is 98.9 cm³/mol. The van der Waals surface area contributed by atoms with Crippen molar-refractivity contribution in [3.05, 3.63) is 41.7 Å². The molecule has 0 radical (unpaired) electrons. The number of rotatable bonds is 4. The van der Waals surface area contributed by atoms with Crippen molar-refractivity contribution in [3.8, 4) is 0 Å². The zero-order chi connectivity index (χ0) is 18.5. The number of anilines is 2. The molecule has 9 heteroatoms. The van der Waals surface area contributed by atoms with E-state index in [1.165, 1.54) is 23.5 Å². The summed E-state index contributed by atoms with van der Waals surface area (Å²) in [5, 5.41) is 7.63. The van der Waals surface area contributed by atoms with Gasteiger partial charge in [-0.2, -0.15) is 0 Å². The molecule has 2 N–H and O–H groups in total. The van der Waals surface area contributed by atoms with Gasteiger partial charge in [0, 0.05) is 43.4 Å². The zero-order valence-corrected chi connectivity index (χ0v) is 15.1.